The highest BCUT2D eigenvalue weighted by molar-refractivity contribution is 4.80. The van der Waals surface area contributed by atoms with Gasteiger partial charge >= 0.3 is 0 Å². The molecule has 0 aliphatic heterocycles. The average molecular weight is 182 g/mol. The number of aliphatic hydroxyl groups excluding tert-OH is 1. The molecule has 0 bridgehead atoms. The van der Waals surface area contributed by atoms with Gasteiger partial charge in [0, 0.05) is 12.8 Å². The van der Waals surface area contributed by atoms with Crippen molar-refractivity contribution in [1.29, 1.82) is 0 Å². The minimum absolute atomic E-state index is 0.214. The number of hydrogen-bond acceptors (Lipinski definition) is 1. The monoisotopic (exact) mass is 182 g/mol. The van der Waals surface area contributed by atoms with Crippen LogP contribution in [0.1, 0.15) is 25.7 Å². The lowest BCUT2D eigenvalue weighted by molar-refractivity contribution is -0.0645. The van der Waals surface area contributed by atoms with Gasteiger partial charge in [0.25, 0.3) is 0 Å². The van der Waals surface area contributed by atoms with Gasteiger partial charge in [0.1, 0.15) is 6.67 Å². The van der Waals surface area contributed by atoms with Gasteiger partial charge in [-0.05, 0) is 18.8 Å². The molecule has 0 saturated heterocycles. The molecule has 0 aromatic heterocycles. The van der Waals surface area contributed by atoms with Crippen LogP contribution in [0.25, 0.3) is 0 Å². The van der Waals surface area contributed by atoms with Crippen LogP contribution in [0.15, 0.2) is 0 Å². The van der Waals surface area contributed by atoms with E-state index < -0.39 is 18.7 Å². The van der Waals surface area contributed by atoms with Crippen LogP contribution in [0.3, 0.4) is 0 Å². The van der Waals surface area contributed by atoms with E-state index in [0.717, 1.165) is 0 Å². The molecule has 0 radical (unpaired) electrons. The first-order chi connectivity index (χ1) is 5.55. The summed E-state index contributed by atoms with van der Waals surface area (Å²) >= 11 is 0. The van der Waals surface area contributed by atoms with Crippen molar-refractivity contribution >= 4 is 0 Å². The molecule has 1 aliphatic rings. The molecular formula is C8H13F3O. The molecule has 0 aromatic carbocycles. The van der Waals surface area contributed by atoms with E-state index in [1.807, 2.05) is 0 Å². The van der Waals surface area contributed by atoms with Gasteiger partial charge in [-0.3, -0.25) is 0 Å². The Morgan fingerprint density at radius 3 is 2.25 bits per heavy atom. The third-order valence-corrected chi connectivity index (χ3v) is 2.46. The van der Waals surface area contributed by atoms with Crippen molar-refractivity contribution in [2.45, 2.75) is 37.7 Å². The van der Waals surface area contributed by atoms with Gasteiger partial charge < -0.3 is 5.11 Å². The number of aliphatic hydroxyl groups is 1. The summed E-state index contributed by atoms with van der Waals surface area (Å²) in [7, 11) is 0. The Labute approximate surface area is 69.6 Å². The summed E-state index contributed by atoms with van der Waals surface area (Å²) < 4.78 is 37.1. The van der Waals surface area contributed by atoms with E-state index in [-0.39, 0.29) is 31.6 Å². The molecule has 1 unspecified atom stereocenters. The van der Waals surface area contributed by atoms with Crippen molar-refractivity contribution in [1.82, 2.24) is 0 Å². The Bertz CT molecular complexity index is 139. The molecule has 0 amide bonds. The van der Waals surface area contributed by atoms with Crippen LogP contribution in [-0.2, 0) is 0 Å². The smallest absolute Gasteiger partial charge is 0.248 e. The lowest BCUT2D eigenvalue weighted by Crippen LogP contribution is -2.31. The fraction of sp³-hybridized carbons (Fsp3) is 1.00. The Kier molecular flexibility index (Phi) is 2.99. The molecule has 4 heteroatoms. The summed E-state index contributed by atoms with van der Waals surface area (Å²) in [4.78, 5) is 0. The van der Waals surface area contributed by atoms with Gasteiger partial charge in [-0.25, -0.2) is 13.2 Å². The molecule has 72 valence electrons. The molecule has 12 heavy (non-hydrogen) atoms. The zero-order valence-corrected chi connectivity index (χ0v) is 6.77. The van der Waals surface area contributed by atoms with Crippen molar-refractivity contribution in [3.63, 3.8) is 0 Å². The summed E-state index contributed by atoms with van der Waals surface area (Å²) in [5.41, 5.74) is 0. The maximum atomic E-state index is 12.6. The van der Waals surface area contributed by atoms with E-state index in [0.29, 0.717) is 0 Å². The van der Waals surface area contributed by atoms with Crippen molar-refractivity contribution in [3.05, 3.63) is 0 Å². The molecule has 1 nitrogen and oxygen atoms in total. The SMILES string of the molecule is OC(CF)C1CCC(F)(F)CC1. The number of alkyl halides is 3. The highest BCUT2D eigenvalue weighted by Crippen LogP contribution is 2.37. The lowest BCUT2D eigenvalue weighted by Gasteiger charge is -2.30. The van der Waals surface area contributed by atoms with Gasteiger partial charge in [-0.15, -0.1) is 0 Å². The predicted molar refractivity (Wildman–Crippen MR) is 38.9 cm³/mol. The van der Waals surface area contributed by atoms with Gasteiger partial charge in [0.05, 0.1) is 6.10 Å². The summed E-state index contributed by atoms with van der Waals surface area (Å²) in [6.07, 6.45) is -0.999. The van der Waals surface area contributed by atoms with Crippen molar-refractivity contribution in [2.75, 3.05) is 6.67 Å². The lowest BCUT2D eigenvalue weighted by atomic mass is 9.84. The maximum absolute atomic E-state index is 12.6. The molecular weight excluding hydrogens is 169 g/mol. The predicted octanol–water partition coefficient (Wildman–Crippen LogP) is 2.14. The van der Waals surface area contributed by atoms with E-state index in [1.165, 1.54) is 0 Å². The molecule has 1 atom stereocenters. The van der Waals surface area contributed by atoms with Gasteiger partial charge in [-0.2, -0.15) is 0 Å². The minimum atomic E-state index is -2.59. The van der Waals surface area contributed by atoms with E-state index in [4.69, 9.17) is 5.11 Å². The van der Waals surface area contributed by atoms with Crippen LogP contribution in [0, 0.1) is 5.92 Å². The molecule has 0 heterocycles. The van der Waals surface area contributed by atoms with Crippen molar-refractivity contribution in [3.8, 4) is 0 Å². The fourth-order valence-corrected chi connectivity index (χ4v) is 1.57. The summed E-state index contributed by atoms with van der Waals surface area (Å²) in [6, 6.07) is 0. The summed E-state index contributed by atoms with van der Waals surface area (Å²) in [6.45, 7) is -0.823. The first kappa shape index (κ1) is 9.84. The molecule has 1 N–H and O–H groups in total. The van der Waals surface area contributed by atoms with Gasteiger partial charge in [-0.1, -0.05) is 0 Å². The maximum Gasteiger partial charge on any atom is 0.248 e. The Morgan fingerprint density at radius 1 is 1.33 bits per heavy atom. The molecule has 1 aliphatic carbocycles. The third-order valence-electron chi connectivity index (χ3n) is 2.46. The van der Waals surface area contributed by atoms with E-state index in [1.54, 1.807) is 0 Å². The topological polar surface area (TPSA) is 20.2 Å². The first-order valence-corrected chi connectivity index (χ1v) is 4.17. The van der Waals surface area contributed by atoms with Crippen LogP contribution in [0.4, 0.5) is 13.2 Å². The number of hydrogen-bond donors (Lipinski definition) is 1. The largest absolute Gasteiger partial charge is 0.390 e. The summed E-state index contributed by atoms with van der Waals surface area (Å²) in [5, 5.41) is 9.03. The highest BCUT2D eigenvalue weighted by atomic mass is 19.3. The molecule has 0 aromatic rings. The zero-order chi connectivity index (χ0) is 9.19. The Hall–Kier alpha value is -0.250. The number of halogens is 3. The Morgan fingerprint density at radius 2 is 1.83 bits per heavy atom. The number of rotatable bonds is 2. The fourth-order valence-electron chi connectivity index (χ4n) is 1.57. The second-order valence-electron chi connectivity index (χ2n) is 3.42. The molecule has 1 saturated carbocycles. The van der Waals surface area contributed by atoms with E-state index in [2.05, 4.69) is 0 Å². The molecule has 1 rings (SSSR count). The second-order valence-corrected chi connectivity index (χ2v) is 3.42. The van der Waals surface area contributed by atoms with E-state index in [9.17, 15) is 13.2 Å². The van der Waals surface area contributed by atoms with Crippen LogP contribution in [0.5, 0.6) is 0 Å². The third kappa shape index (κ3) is 2.37. The van der Waals surface area contributed by atoms with Crippen LogP contribution in [0.2, 0.25) is 0 Å². The van der Waals surface area contributed by atoms with Crippen LogP contribution < -0.4 is 0 Å². The zero-order valence-electron chi connectivity index (χ0n) is 6.77. The first-order valence-electron chi connectivity index (χ1n) is 4.17. The Balaban J connectivity index is 2.36. The van der Waals surface area contributed by atoms with Gasteiger partial charge in [0.2, 0.25) is 5.92 Å². The normalized spacial score (nSPS) is 27.0. The van der Waals surface area contributed by atoms with Crippen molar-refractivity contribution < 1.29 is 18.3 Å². The van der Waals surface area contributed by atoms with Crippen LogP contribution in [-0.4, -0.2) is 23.8 Å². The van der Waals surface area contributed by atoms with Gasteiger partial charge in [0.15, 0.2) is 0 Å². The highest BCUT2D eigenvalue weighted by Gasteiger charge is 2.37. The van der Waals surface area contributed by atoms with Crippen molar-refractivity contribution in [2.24, 2.45) is 5.92 Å². The quantitative estimate of drug-likeness (QED) is 0.693. The standard InChI is InChI=1S/C8H13F3O/c9-5-7(12)6-1-3-8(10,11)4-2-6/h6-7,12H,1-5H2. The second kappa shape index (κ2) is 3.64. The minimum Gasteiger partial charge on any atom is -0.390 e. The molecule has 0 spiro atoms. The molecule has 1 fully saturated rings. The summed E-state index contributed by atoms with van der Waals surface area (Å²) in [5.74, 6) is -2.86. The van der Waals surface area contributed by atoms with E-state index >= 15 is 0 Å². The average Bonchev–Trinajstić information content (AvgIpc) is 2.03. The van der Waals surface area contributed by atoms with Crippen LogP contribution >= 0.6 is 0 Å².